The van der Waals surface area contributed by atoms with Gasteiger partial charge < -0.3 is 19.3 Å². The number of halogens is 5. The van der Waals surface area contributed by atoms with Gasteiger partial charge in [0, 0.05) is 12.5 Å². The van der Waals surface area contributed by atoms with Crippen molar-refractivity contribution in [2.45, 2.75) is 24.9 Å². The maximum absolute atomic E-state index is 12.9. The molecule has 0 spiro atoms. The summed E-state index contributed by atoms with van der Waals surface area (Å²) in [5, 5.41) is 8.61. The third-order valence-corrected chi connectivity index (χ3v) is 4.22. The Morgan fingerprint density at radius 1 is 1.00 bits per heavy atom. The summed E-state index contributed by atoms with van der Waals surface area (Å²) in [6.45, 7) is -0.422. The van der Waals surface area contributed by atoms with Gasteiger partial charge in [0.05, 0.1) is 19.3 Å². The number of carbonyl (C=O) groups is 2. The van der Waals surface area contributed by atoms with Gasteiger partial charge in [-0.05, 0) is 48.4 Å². The normalized spacial score (nSPS) is 11.9. The minimum atomic E-state index is -5.62. The number of ether oxygens (including phenoxy) is 3. The van der Waals surface area contributed by atoms with E-state index in [1.807, 2.05) is 0 Å². The molecule has 11 heteroatoms. The number of methoxy groups -OCH3 is 1. The lowest BCUT2D eigenvalue weighted by molar-refractivity contribution is -0.284. The van der Waals surface area contributed by atoms with Crippen LogP contribution in [0.25, 0.3) is 6.08 Å². The highest BCUT2D eigenvalue weighted by atomic mass is 19.4. The van der Waals surface area contributed by atoms with Crippen molar-refractivity contribution in [3.63, 3.8) is 0 Å². The zero-order valence-electron chi connectivity index (χ0n) is 17.2. The first-order chi connectivity index (χ1) is 15.4. The Morgan fingerprint density at radius 2 is 1.67 bits per heavy atom. The van der Waals surface area contributed by atoms with Gasteiger partial charge in [-0.25, -0.2) is 9.59 Å². The number of carboxylic acid groups (broad SMARTS) is 1. The second-order valence-corrected chi connectivity index (χ2v) is 6.65. The van der Waals surface area contributed by atoms with Gasteiger partial charge in [-0.15, -0.1) is 0 Å². The van der Waals surface area contributed by atoms with Crippen molar-refractivity contribution in [3.05, 3.63) is 59.7 Å². The first-order valence-electron chi connectivity index (χ1n) is 9.41. The number of rotatable bonds is 10. The molecule has 2 rings (SSSR count). The van der Waals surface area contributed by atoms with E-state index in [1.54, 1.807) is 12.1 Å². The predicted molar refractivity (Wildman–Crippen MR) is 107 cm³/mol. The van der Waals surface area contributed by atoms with E-state index < -0.39 is 43.5 Å². The van der Waals surface area contributed by atoms with Crippen LogP contribution in [0.2, 0.25) is 0 Å². The van der Waals surface area contributed by atoms with Gasteiger partial charge in [0.2, 0.25) is 0 Å². The van der Waals surface area contributed by atoms with Crippen LogP contribution in [-0.4, -0.2) is 42.9 Å². The Morgan fingerprint density at radius 3 is 2.24 bits per heavy atom. The molecule has 0 aliphatic heterocycles. The van der Waals surface area contributed by atoms with Gasteiger partial charge in [0.25, 0.3) is 0 Å². The first-order valence-corrected chi connectivity index (χ1v) is 9.41. The molecule has 1 N–H and O–H groups in total. The van der Waals surface area contributed by atoms with Crippen LogP contribution in [0.3, 0.4) is 0 Å². The SMILES string of the molecule is COc1cc(C(=O)Oc2ccc(C=CC(=O)O)cc2)ccc1OCCCC(F)(F)C(F)(F)F. The number of hydrogen-bond donors (Lipinski definition) is 1. The lowest BCUT2D eigenvalue weighted by Gasteiger charge is -2.19. The molecular formula is C22H19F5O6. The van der Waals surface area contributed by atoms with Crippen LogP contribution in [-0.2, 0) is 4.79 Å². The molecule has 0 aliphatic carbocycles. The zero-order chi connectivity index (χ0) is 24.6. The fourth-order valence-corrected chi connectivity index (χ4v) is 2.51. The van der Waals surface area contributed by atoms with Crippen LogP contribution < -0.4 is 14.2 Å². The summed E-state index contributed by atoms with van der Waals surface area (Å²) in [6, 6.07) is 9.90. The van der Waals surface area contributed by atoms with E-state index >= 15 is 0 Å². The van der Waals surface area contributed by atoms with Crippen molar-refractivity contribution in [3.8, 4) is 17.2 Å². The highest BCUT2D eigenvalue weighted by molar-refractivity contribution is 5.92. The predicted octanol–water partition coefficient (Wildman–Crippen LogP) is 5.37. The van der Waals surface area contributed by atoms with Crippen LogP contribution in [0, 0.1) is 0 Å². The molecule has 0 atom stereocenters. The first kappa shape index (κ1) is 25.6. The van der Waals surface area contributed by atoms with Gasteiger partial charge >= 0.3 is 24.0 Å². The Hall–Kier alpha value is -3.63. The second kappa shape index (κ2) is 10.8. The fourth-order valence-electron chi connectivity index (χ4n) is 2.51. The van der Waals surface area contributed by atoms with Crippen LogP contribution in [0.1, 0.15) is 28.8 Å². The van der Waals surface area contributed by atoms with Gasteiger partial charge in [0.15, 0.2) is 11.5 Å². The Kier molecular flexibility index (Phi) is 8.38. The Balaban J connectivity index is 1.98. The molecule has 0 saturated heterocycles. The minimum absolute atomic E-state index is 0.0546. The quantitative estimate of drug-likeness (QED) is 0.164. The molecule has 6 nitrogen and oxygen atoms in total. The number of aliphatic carboxylic acids is 1. The van der Waals surface area contributed by atoms with E-state index in [1.165, 1.54) is 43.5 Å². The highest BCUT2D eigenvalue weighted by Gasteiger charge is 2.56. The summed E-state index contributed by atoms with van der Waals surface area (Å²) in [5.41, 5.74) is 0.644. The maximum atomic E-state index is 12.9. The van der Waals surface area contributed by atoms with Gasteiger partial charge in [-0.1, -0.05) is 12.1 Å². The second-order valence-electron chi connectivity index (χ2n) is 6.65. The summed E-state index contributed by atoms with van der Waals surface area (Å²) < 4.78 is 77.9. The number of carboxylic acids is 1. The molecule has 0 aliphatic rings. The van der Waals surface area contributed by atoms with Gasteiger partial charge in [-0.2, -0.15) is 22.0 Å². The van der Waals surface area contributed by atoms with E-state index in [0.717, 1.165) is 6.08 Å². The molecule has 0 saturated carbocycles. The third kappa shape index (κ3) is 7.48. The highest BCUT2D eigenvalue weighted by Crippen LogP contribution is 2.39. The largest absolute Gasteiger partial charge is 0.493 e. The fraction of sp³-hybridized carbons (Fsp3) is 0.273. The van der Waals surface area contributed by atoms with Crippen molar-refractivity contribution in [2.75, 3.05) is 13.7 Å². The minimum Gasteiger partial charge on any atom is -0.493 e. The molecule has 0 heterocycles. The topological polar surface area (TPSA) is 82.1 Å². The molecule has 2 aromatic carbocycles. The zero-order valence-corrected chi connectivity index (χ0v) is 17.2. The molecule has 33 heavy (non-hydrogen) atoms. The average molecular weight is 474 g/mol. The van der Waals surface area contributed by atoms with E-state index in [2.05, 4.69) is 0 Å². The van der Waals surface area contributed by atoms with Gasteiger partial charge in [0.1, 0.15) is 5.75 Å². The van der Waals surface area contributed by atoms with Crippen molar-refractivity contribution in [1.29, 1.82) is 0 Å². The molecule has 0 aromatic heterocycles. The van der Waals surface area contributed by atoms with E-state index in [0.29, 0.717) is 5.56 Å². The third-order valence-electron chi connectivity index (χ3n) is 4.22. The van der Waals surface area contributed by atoms with Crippen molar-refractivity contribution in [2.24, 2.45) is 0 Å². The number of benzene rings is 2. The lowest BCUT2D eigenvalue weighted by atomic mass is 10.2. The molecule has 0 radical (unpaired) electrons. The molecule has 178 valence electrons. The number of carbonyl (C=O) groups excluding carboxylic acids is 1. The average Bonchev–Trinajstić information content (AvgIpc) is 2.75. The summed E-state index contributed by atoms with van der Waals surface area (Å²) >= 11 is 0. The monoisotopic (exact) mass is 474 g/mol. The lowest BCUT2D eigenvalue weighted by Crippen LogP contribution is -2.36. The summed E-state index contributed by atoms with van der Waals surface area (Å²) in [4.78, 5) is 22.9. The number of alkyl halides is 5. The van der Waals surface area contributed by atoms with Crippen LogP contribution in [0.5, 0.6) is 17.2 Å². The van der Waals surface area contributed by atoms with Crippen molar-refractivity contribution >= 4 is 18.0 Å². The smallest absolute Gasteiger partial charge is 0.453 e. The molecule has 0 amide bonds. The summed E-state index contributed by atoms with van der Waals surface area (Å²) in [7, 11) is 1.26. The molecule has 0 fully saturated rings. The molecule has 0 unspecified atom stereocenters. The standard InChI is InChI=1S/C22H19F5O6/c1-31-18-13-15(6-9-17(18)32-12-2-11-21(23,24)22(25,26)27)20(30)33-16-7-3-14(4-8-16)5-10-19(28)29/h3-10,13H,2,11-12H2,1H3,(H,28,29). The van der Waals surface area contributed by atoms with E-state index in [9.17, 15) is 31.5 Å². The maximum Gasteiger partial charge on any atom is 0.453 e. The van der Waals surface area contributed by atoms with Crippen molar-refractivity contribution in [1.82, 2.24) is 0 Å². The molecular weight excluding hydrogens is 455 g/mol. The van der Waals surface area contributed by atoms with Crippen molar-refractivity contribution < 1.29 is 50.9 Å². The van der Waals surface area contributed by atoms with Crippen LogP contribution in [0.4, 0.5) is 22.0 Å². The number of hydrogen-bond acceptors (Lipinski definition) is 5. The summed E-state index contributed by atoms with van der Waals surface area (Å²) in [5.74, 6) is -6.36. The van der Waals surface area contributed by atoms with Crippen LogP contribution in [0.15, 0.2) is 48.5 Å². The van der Waals surface area contributed by atoms with Gasteiger partial charge in [-0.3, -0.25) is 0 Å². The Bertz CT molecular complexity index is 999. The van der Waals surface area contributed by atoms with E-state index in [4.69, 9.17) is 19.3 Å². The molecule has 0 bridgehead atoms. The van der Waals surface area contributed by atoms with E-state index in [-0.39, 0.29) is 22.8 Å². The molecule has 2 aromatic rings. The number of esters is 1. The van der Waals surface area contributed by atoms with Crippen LogP contribution >= 0.6 is 0 Å². The Labute approximate surface area is 185 Å². The summed E-state index contributed by atoms with van der Waals surface area (Å²) in [6.07, 6.45) is -5.28.